The zero-order valence-corrected chi connectivity index (χ0v) is 9.18. The first-order valence-corrected chi connectivity index (χ1v) is 5.86. The van der Waals surface area contributed by atoms with E-state index in [1.165, 1.54) is 13.1 Å². The van der Waals surface area contributed by atoms with Gasteiger partial charge in [0, 0.05) is 6.92 Å². The lowest BCUT2D eigenvalue weighted by Crippen LogP contribution is -3.11. The van der Waals surface area contributed by atoms with Crippen LogP contribution in [0.1, 0.15) is 6.92 Å². The summed E-state index contributed by atoms with van der Waals surface area (Å²) in [5.74, 6) is 0. The number of nitrogens with one attached hydrogen (secondary N) is 1. The minimum absolute atomic E-state index is 0.731. The summed E-state index contributed by atoms with van der Waals surface area (Å²) in [6, 6.07) is 0. The Balaban J connectivity index is 0.000000252. The quantitative estimate of drug-likeness (QED) is 0.447. The summed E-state index contributed by atoms with van der Waals surface area (Å²) in [5.41, 5.74) is 0. The fourth-order valence-electron chi connectivity index (χ4n) is 1.13. The van der Waals surface area contributed by atoms with E-state index in [-0.39, 0.29) is 0 Å². The maximum absolute atomic E-state index is 9.85. The third-order valence-electron chi connectivity index (χ3n) is 2.23. The van der Waals surface area contributed by atoms with Crippen molar-refractivity contribution in [2.45, 2.75) is 13.1 Å². The van der Waals surface area contributed by atoms with Gasteiger partial charge < -0.3 is 19.0 Å². The number of quaternary nitrogens is 1. The molecule has 13 heavy (non-hydrogen) atoms. The monoisotopic (exact) mass is 218 g/mol. The van der Waals surface area contributed by atoms with E-state index in [9.17, 15) is 14.1 Å². The summed E-state index contributed by atoms with van der Waals surface area (Å²) in [5, 5.41) is 0. The first-order valence-electron chi connectivity index (χ1n) is 4.11. The number of nitrogens with zero attached hydrogens (tertiary/aromatic N) is 1. The van der Waals surface area contributed by atoms with Gasteiger partial charge in [-0.15, -0.1) is 0 Å². The van der Waals surface area contributed by atoms with Gasteiger partial charge in [-0.2, -0.15) is 0 Å². The highest BCUT2D eigenvalue weighted by Gasteiger charge is 2.41. The molecule has 80 valence electrons. The zero-order chi connectivity index (χ0) is 10.6. The highest BCUT2D eigenvalue weighted by Crippen LogP contribution is 2.06. The van der Waals surface area contributed by atoms with Crippen molar-refractivity contribution in [2.24, 2.45) is 0 Å². The molecule has 2 unspecified atom stereocenters. The van der Waals surface area contributed by atoms with E-state index >= 15 is 0 Å². The summed E-state index contributed by atoms with van der Waals surface area (Å²) >= 11 is -6.83. The Morgan fingerprint density at radius 1 is 1.31 bits per heavy atom. The molecule has 0 aromatic rings. The Kier molecular flexibility index (Phi) is 5.22. The van der Waals surface area contributed by atoms with Crippen molar-refractivity contribution in [3.8, 4) is 0 Å². The van der Waals surface area contributed by atoms with E-state index in [4.69, 9.17) is 0 Å². The van der Waals surface area contributed by atoms with E-state index in [1.807, 2.05) is 0 Å². The van der Waals surface area contributed by atoms with Crippen molar-refractivity contribution in [3.63, 3.8) is 0 Å². The Bertz CT molecular complexity index is 136. The summed E-state index contributed by atoms with van der Waals surface area (Å²) in [4.78, 5) is 4.02. The van der Waals surface area contributed by atoms with E-state index in [0.717, 1.165) is 6.17 Å². The average molecular weight is 218 g/mol. The zero-order valence-electron chi connectivity index (χ0n) is 8.03. The first kappa shape index (κ1) is 13.2. The Morgan fingerprint density at radius 2 is 1.69 bits per heavy atom. The lowest BCUT2D eigenvalue weighted by molar-refractivity contribution is -0.895. The Hall–Kier alpha value is 0.172. The first-order chi connectivity index (χ1) is 5.72. The third kappa shape index (κ3) is 7.26. The summed E-state index contributed by atoms with van der Waals surface area (Å²) in [6.45, 7) is 4.83. The van der Waals surface area contributed by atoms with Gasteiger partial charge in [0.1, 0.15) is 6.17 Å². The lowest BCUT2D eigenvalue weighted by Gasteiger charge is -2.15. The maximum atomic E-state index is 9.85. The molecule has 1 aliphatic rings. The van der Waals surface area contributed by atoms with Crippen molar-refractivity contribution < 1.29 is 19.0 Å². The largest absolute Gasteiger partial charge is 1.04 e. The molecule has 1 fully saturated rings. The molecule has 0 aromatic carbocycles. The number of likely N-dealkylation sites (N-methyl/N-ethyl adjacent to an activating group) is 2. The fraction of sp³-hybridized carbons (Fsp3) is 1.00. The maximum Gasteiger partial charge on any atom is 1.04 e. The molecule has 0 spiro atoms. The van der Waals surface area contributed by atoms with Crippen molar-refractivity contribution in [1.82, 2.24) is 4.90 Å². The molecule has 0 radical (unpaired) electrons. The molecule has 1 aliphatic heterocycles. The highest BCUT2D eigenvalue weighted by atomic mass is 27.5. The molecular weight excluding hydrogens is 203 g/mol. The minimum atomic E-state index is -6.83. The van der Waals surface area contributed by atoms with Crippen LogP contribution in [-0.4, -0.2) is 53.2 Å². The molecule has 1 N–H and O–H groups in total. The molecule has 2 atom stereocenters. The fourth-order valence-corrected chi connectivity index (χ4v) is 1.13. The van der Waals surface area contributed by atoms with Crippen LogP contribution in [-0.2, 0) is 0 Å². The molecule has 0 bridgehead atoms. The van der Waals surface area contributed by atoms with E-state index in [1.54, 1.807) is 4.90 Å². The smallest absolute Gasteiger partial charge is 0.510 e. The molecule has 7 heteroatoms. The van der Waals surface area contributed by atoms with Crippen molar-refractivity contribution in [1.29, 1.82) is 0 Å². The van der Waals surface area contributed by atoms with Gasteiger partial charge in [0.2, 0.25) is 0 Å². The predicted octanol–water partition coefficient (Wildman–Crippen LogP) is 0.0925. The van der Waals surface area contributed by atoms with Gasteiger partial charge >= 0.3 is 14.9 Å². The number of halogens is 4. The Morgan fingerprint density at radius 3 is 1.77 bits per heavy atom. The van der Waals surface area contributed by atoms with Gasteiger partial charge in [-0.05, 0) is 7.05 Å². The molecule has 1 heterocycles. The van der Waals surface area contributed by atoms with Crippen LogP contribution >= 0.6 is 0 Å². The van der Waals surface area contributed by atoms with Gasteiger partial charge in [-0.3, -0.25) is 4.90 Å². The van der Waals surface area contributed by atoms with Crippen LogP contribution in [0, 0.1) is 0 Å². The summed E-state index contributed by atoms with van der Waals surface area (Å²) in [6.07, 6.45) is 0.731. The van der Waals surface area contributed by atoms with Gasteiger partial charge in [0.15, 0.2) is 0 Å². The van der Waals surface area contributed by atoms with E-state index in [0.29, 0.717) is 0 Å². The van der Waals surface area contributed by atoms with Crippen LogP contribution in [0.2, 0.25) is 0 Å². The van der Waals surface area contributed by atoms with E-state index in [2.05, 4.69) is 25.9 Å². The molecule has 2 nitrogen and oxygen atoms in total. The summed E-state index contributed by atoms with van der Waals surface area (Å²) < 4.78 is 39.4. The van der Waals surface area contributed by atoms with Gasteiger partial charge in [0.05, 0.1) is 20.1 Å². The van der Waals surface area contributed by atoms with Crippen LogP contribution < -0.4 is 4.90 Å². The van der Waals surface area contributed by atoms with Gasteiger partial charge in [-0.25, -0.2) is 0 Å². The van der Waals surface area contributed by atoms with Crippen LogP contribution in [0.3, 0.4) is 0 Å². The van der Waals surface area contributed by atoms with Gasteiger partial charge in [-0.1, -0.05) is 0 Å². The number of hydrogen-bond acceptors (Lipinski definition) is 1. The molecule has 1 saturated heterocycles. The highest BCUT2D eigenvalue weighted by molar-refractivity contribution is 6.50. The molecular formula is C6H15AlF4N2. The molecule has 0 saturated carbocycles. The second-order valence-electron chi connectivity index (χ2n) is 3.25. The van der Waals surface area contributed by atoms with Crippen LogP contribution in [0.5, 0.6) is 0 Å². The SMILES string of the molecule is CC1N(C)CC[NH+]1C.[F][Al-]([F])([F])[F]. The third-order valence-corrected chi connectivity index (χ3v) is 2.23. The standard InChI is InChI=1S/C6H14N2.Al.4FH/c1-6-7(2)4-5-8(6)3;;;;;/h6H,4-5H2,1-3H3;;4*1H/q;+3;;;;/p-3. The average Bonchev–Trinajstić information content (AvgIpc) is 2.16. The number of hydrogen-bond donors (Lipinski definition) is 1. The topological polar surface area (TPSA) is 7.68 Å². The van der Waals surface area contributed by atoms with E-state index < -0.39 is 14.9 Å². The molecule has 0 aromatic heterocycles. The summed E-state index contributed by atoms with van der Waals surface area (Å²) in [7, 11) is 4.43. The normalized spacial score (nSPS) is 29.8. The molecule has 1 rings (SSSR count). The van der Waals surface area contributed by atoms with Crippen molar-refractivity contribution >= 4 is 14.9 Å². The lowest BCUT2D eigenvalue weighted by atomic mass is 10.5. The predicted molar refractivity (Wildman–Crippen MR) is 44.0 cm³/mol. The van der Waals surface area contributed by atoms with Gasteiger partial charge in [0.25, 0.3) is 0 Å². The second-order valence-corrected chi connectivity index (χ2v) is 4.24. The van der Waals surface area contributed by atoms with Crippen LogP contribution in [0.4, 0.5) is 14.1 Å². The Labute approximate surface area is 79.7 Å². The molecule has 0 aliphatic carbocycles. The minimum Gasteiger partial charge on any atom is -0.510 e. The van der Waals surface area contributed by atoms with Crippen LogP contribution in [0.15, 0.2) is 0 Å². The van der Waals surface area contributed by atoms with Crippen LogP contribution in [0.25, 0.3) is 0 Å². The van der Waals surface area contributed by atoms with Crippen molar-refractivity contribution in [3.05, 3.63) is 0 Å². The number of rotatable bonds is 0. The second kappa shape index (κ2) is 5.15. The molecule has 0 amide bonds. The van der Waals surface area contributed by atoms with Crippen molar-refractivity contribution in [2.75, 3.05) is 27.2 Å².